The molecule has 0 atom stereocenters. The van der Waals surface area contributed by atoms with E-state index in [2.05, 4.69) is 15.8 Å². The number of rotatable bonds is 4. The minimum Gasteiger partial charge on any atom is -0.504 e. The van der Waals surface area contributed by atoms with E-state index in [9.17, 15) is 10.2 Å². The Morgan fingerprint density at radius 3 is 2.59 bits per heavy atom. The van der Waals surface area contributed by atoms with Crippen LogP contribution in [0.5, 0.6) is 17.2 Å². The number of phenolic OH excluding ortho intramolecular Hbond substituents is 2. The lowest BCUT2D eigenvalue weighted by Gasteiger charge is -2.07. The Balaban J connectivity index is 1.91. The average molecular weight is 317 g/mol. The Morgan fingerprint density at radius 2 is 1.91 bits per heavy atom. The number of hydrogen-bond donors (Lipinski definition) is 4. The normalized spacial score (nSPS) is 10.4. The Hall–Kier alpha value is -2.80. The molecule has 0 aliphatic heterocycles. The SMILES string of the molecule is COc1ccc(NC(=S)N/N=C/c2cccc(O)c2O)cc1. The number of nitrogens with one attached hydrogen (secondary N) is 2. The number of para-hydroxylation sites is 1. The number of benzene rings is 2. The zero-order valence-corrected chi connectivity index (χ0v) is 12.6. The predicted molar refractivity (Wildman–Crippen MR) is 89.7 cm³/mol. The monoisotopic (exact) mass is 317 g/mol. The van der Waals surface area contributed by atoms with Gasteiger partial charge in [0.05, 0.1) is 13.3 Å². The van der Waals surface area contributed by atoms with E-state index in [0.29, 0.717) is 10.7 Å². The van der Waals surface area contributed by atoms with E-state index >= 15 is 0 Å². The number of aromatic hydroxyl groups is 2. The van der Waals surface area contributed by atoms with Crippen LogP contribution in [0.3, 0.4) is 0 Å². The van der Waals surface area contributed by atoms with Gasteiger partial charge in [-0.3, -0.25) is 5.43 Å². The van der Waals surface area contributed by atoms with Crippen LogP contribution in [-0.2, 0) is 0 Å². The summed E-state index contributed by atoms with van der Waals surface area (Å²) in [5.74, 6) is 0.312. The summed E-state index contributed by atoms with van der Waals surface area (Å²) in [5.41, 5.74) is 3.78. The van der Waals surface area contributed by atoms with Crippen LogP contribution >= 0.6 is 12.2 Å². The van der Waals surface area contributed by atoms with Crippen LogP contribution in [0.1, 0.15) is 5.56 Å². The van der Waals surface area contributed by atoms with E-state index in [1.54, 1.807) is 31.4 Å². The number of anilines is 1. The second kappa shape index (κ2) is 7.28. The number of thiocarbonyl (C=S) groups is 1. The van der Waals surface area contributed by atoms with Gasteiger partial charge in [0.1, 0.15) is 5.75 Å². The molecule has 6 nitrogen and oxygen atoms in total. The first kappa shape index (κ1) is 15.6. The van der Waals surface area contributed by atoms with Crippen molar-refractivity contribution in [3.8, 4) is 17.2 Å². The summed E-state index contributed by atoms with van der Waals surface area (Å²) in [7, 11) is 1.60. The molecule has 0 aliphatic rings. The lowest BCUT2D eigenvalue weighted by Crippen LogP contribution is -2.23. The first-order valence-electron chi connectivity index (χ1n) is 6.35. The molecule has 0 unspecified atom stereocenters. The van der Waals surface area contributed by atoms with Gasteiger partial charge in [0.2, 0.25) is 0 Å². The molecule has 0 bridgehead atoms. The molecule has 114 valence electrons. The fraction of sp³-hybridized carbons (Fsp3) is 0.0667. The van der Waals surface area contributed by atoms with Crippen LogP contribution < -0.4 is 15.5 Å². The number of hydrazone groups is 1. The third-order valence-corrected chi connectivity index (χ3v) is 2.96. The van der Waals surface area contributed by atoms with E-state index in [0.717, 1.165) is 11.4 Å². The largest absolute Gasteiger partial charge is 0.504 e. The summed E-state index contributed by atoms with van der Waals surface area (Å²) >= 11 is 5.09. The summed E-state index contributed by atoms with van der Waals surface area (Å²) in [6.45, 7) is 0. The van der Waals surface area contributed by atoms with Gasteiger partial charge in [-0.05, 0) is 48.6 Å². The van der Waals surface area contributed by atoms with E-state index < -0.39 is 0 Å². The molecule has 0 spiro atoms. The summed E-state index contributed by atoms with van der Waals surface area (Å²) in [5, 5.41) is 26.1. The van der Waals surface area contributed by atoms with Gasteiger partial charge in [0, 0.05) is 11.3 Å². The first-order chi connectivity index (χ1) is 10.6. The maximum absolute atomic E-state index is 9.62. The van der Waals surface area contributed by atoms with E-state index in [4.69, 9.17) is 17.0 Å². The second-order valence-corrected chi connectivity index (χ2v) is 4.68. The fourth-order valence-electron chi connectivity index (χ4n) is 1.65. The highest BCUT2D eigenvalue weighted by Crippen LogP contribution is 2.26. The van der Waals surface area contributed by atoms with Crippen molar-refractivity contribution in [3.05, 3.63) is 48.0 Å². The number of nitrogens with zero attached hydrogens (tertiary/aromatic N) is 1. The van der Waals surface area contributed by atoms with E-state index in [1.807, 2.05) is 12.1 Å². The number of phenols is 2. The molecule has 0 saturated carbocycles. The lowest BCUT2D eigenvalue weighted by atomic mass is 10.2. The van der Waals surface area contributed by atoms with Gasteiger partial charge in [0.25, 0.3) is 0 Å². The van der Waals surface area contributed by atoms with Crippen molar-refractivity contribution in [1.82, 2.24) is 5.43 Å². The number of hydrogen-bond acceptors (Lipinski definition) is 5. The van der Waals surface area contributed by atoms with Gasteiger partial charge < -0.3 is 20.3 Å². The van der Waals surface area contributed by atoms with Crippen LogP contribution in [-0.4, -0.2) is 28.6 Å². The molecule has 0 fully saturated rings. The fourth-order valence-corrected chi connectivity index (χ4v) is 1.82. The quantitative estimate of drug-likeness (QED) is 0.300. The Labute approximate surface area is 133 Å². The smallest absolute Gasteiger partial charge is 0.191 e. The third kappa shape index (κ3) is 4.10. The molecule has 22 heavy (non-hydrogen) atoms. The number of ether oxygens (including phenoxy) is 1. The van der Waals surface area contributed by atoms with Gasteiger partial charge in [-0.2, -0.15) is 5.10 Å². The second-order valence-electron chi connectivity index (χ2n) is 4.27. The maximum Gasteiger partial charge on any atom is 0.191 e. The summed E-state index contributed by atoms with van der Waals surface area (Å²) in [6, 6.07) is 11.8. The average Bonchev–Trinajstić information content (AvgIpc) is 2.52. The Morgan fingerprint density at radius 1 is 1.18 bits per heavy atom. The van der Waals surface area contributed by atoms with Crippen molar-refractivity contribution in [2.45, 2.75) is 0 Å². The Bertz CT molecular complexity index is 687. The van der Waals surface area contributed by atoms with Gasteiger partial charge in [-0.25, -0.2) is 0 Å². The van der Waals surface area contributed by atoms with Gasteiger partial charge >= 0.3 is 0 Å². The molecular formula is C15H15N3O3S. The topological polar surface area (TPSA) is 86.1 Å². The molecule has 2 rings (SSSR count). The molecule has 0 radical (unpaired) electrons. The molecule has 0 amide bonds. The molecule has 7 heteroatoms. The first-order valence-corrected chi connectivity index (χ1v) is 6.76. The molecule has 0 saturated heterocycles. The molecule has 0 aromatic heterocycles. The van der Waals surface area contributed by atoms with E-state index in [-0.39, 0.29) is 11.5 Å². The van der Waals surface area contributed by atoms with Crippen LogP contribution in [0, 0.1) is 0 Å². The van der Waals surface area contributed by atoms with Crippen molar-refractivity contribution < 1.29 is 14.9 Å². The highest BCUT2D eigenvalue weighted by Gasteiger charge is 2.03. The van der Waals surface area contributed by atoms with Gasteiger partial charge in [-0.1, -0.05) is 6.07 Å². The molecule has 0 heterocycles. The molecule has 2 aromatic rings. The predicted octanol–water partition coefficient (Wildman–Crippen LogP) is 2.43. The van der Waals surface area contributed by atoms with Crippen molar-refractivity contribution >= 4 is 29.2 Å². The Kier molecular flexibility index (Phi) is 5.16. The maximum atomic E-state index is 9.62. The molecular weight excluding hydrogens is 302 g/mol. The zero-order valence-electron chi connectivity index (χ0n) is 11.8. The third-order valence-electron chi connectivity index (χ3n) is 2.76. The highest BCUT2D eigenvalue weighted by atomic mass is 32.1. The molecule has 0 aliphatic carbocycles. The molecule has 4 N–H and O–H groups in total. The minimum absolute atomic E-state index is 0.206. The van der Waals surface area contributed by atoms with Crippen LogP contribution in [0.15, 0.2) is 47.6 Å². The van der Waals surface area contributed by atoms with Crippen LogP contribution in [0.25, 0.3) is 0 Å². The minimum atomic E-state index is -0.234. The number of methoxy groups -OCH3 is 1. The van der Waals surface area contributed by atoms with Gasteiger partial charge in [-0.15, -0.1) is 0 Å². The zero-order chi connectivity index (χ0) is 15.9. The lowest BCUT2D eigenvalue weighted by molar-refractivity contribution is 0.403. The highest BCUT2D eigenvalue weighted by molar-refractivity contribution is 7.80. The van der Waals surface area contributed by atoms with Crippen molar-refractivity contribution in [1.29, 1.82) is 0 Å². The van der Waals surface area contributed by atoms with Crippen molar-refractivity contribution in [2.75, 3.05) is 12.4 Å². The van der Waals surface area contributed by atoms with Crippen LogP contribution in [0.2, 0.25) is 0 Å². The summed E-state index contributed by atoms with van der Waals surface area (Å²) in [4.78, 5) is 0. The van der Waals surface area contributed by atoms with Gasteiger partial charge in [0.15, 0.2) is 16.6 Å². The summed E-state index contributed by atoms with van der Waals surface area (Å²) in [6.07, 6.45) is 1.36. The van der Waals surface area contributed by atoms with E-state index in [1.165, 1.54) is 12.3 Å². The van der Waals surface area contributed by atoms with Crippen LogP contribution in [0.4, 0.5) is 5.69 Å². The standard InChI is InChI=1S/C15H15N3O3S/c1-21-12-7-5-11(6-8-12)17-15(22)18-16-9-10-3-2-4-13(19)14(10)20/h2-9,19-20H,1H3,(H2,17,18,22)/b16-9+. The molecule has 2 aromatic carbocycles. The summed E-state index contributed by atoms with van der Waals surface area (Å²) < 4.78 is 5.07. The van der Waals surface area contributed by atoms with Crippen molar-refractivity contribution in [3.63, 3.8) is 0 Å². The van der Waals surface area contributed by atoms with Crippen molar-refractivity contribution in [2.24, 2.45) is 5.10 Å².